The zero-order valence-electron chi connectivity index (χ0n) is 26.2. The molecule has 9 rings (SSSR count). The van der Waals surface area contributed by atoms with Gasteiger partial charge in [0.15, 0.2) is 0 Å². The van der Waals surface area contributed by atoms with Crippen LogP contribution in [0, 0.1) is 0 Å². The first-order valence-electron chi connectivity index (χ1n) is 16.4. The molecule has 0 aliphatic carbocycles. The number of aromatic nitrogens is 3. The second-order valence-electron chi connectivity index (χ2n) is 12.2. The molecule has 0 bridgehead atoms. The van der Waals surface area contributed by atoms with Crippen molar-refractivity contribution in [3.63, 3.8) is 0 Å². The Hall–Kier alpha value is -6.32. The molecular formula is C45H31N3. The summed E-state index contributed by atoms with van der Waals surface area (Å²) in [4.78, 5) is 10.3. The van der Waals surface area contributed by atoms with E-state index < -0.39 is 0 Å². The maximum absolute atomic E-state index is 5.22. The highest BCUT2D eigenvalue weighted by Crippen LogP contribution is 2.37. The lowest BCUT2D eigenvalue weighted by Crippen LogP contribution is -2.03. The summed E-state index contributed by atoms with van der Waals surface area (Å²) in [6.07, 6.45) is 0. The van der Waals surface area contributed by atoms with Gasteiger partial charge in [0.2, 0.25) is 5.95 Å². The Kier molecular flexibility index (Phi) is 6.87. The molecule has 0 saturated carbocycles. The molecule has 0 atom stereocenters. The quantitative estimate of drug-likeness (QED) is 0.175. The van der Waals surface area contributed by atoms with Crippen LogP contribution in [0.5, 0.6) is 0 Å². The van der Waals surface area contributed by atoms with Gasteiger partial charge in [-0.1, -0.05) is 158 Å². The molecule has 0 N–H and O–H groups in total. The van der Waals surface area contributed by atoms with E-state index in [2.05, 4.69) is 174 Å². The Balaban J connectivity index is 1.17. The molecule has 0 unspecified atom stereocenters. The number of fused-ring (bicyclic) bond motifs is 4. The largest absolute Gasteiger partial charge is 0.278 e. The van der Waals surface area contributed by atoms with Crippen LogP contribution in [-0.2, 0) is 0 Å². The van der Waals surface area contributed by atoms with Gasteiger partial charge < -0.3 is 0 Å². The smallest absolute Gasteiger partial charge is 0.235 e. The van der Waals surface area contributed by atoms with Crippen LogP contribution in [0.2, 0.25) is 0 Å². The van der Waals surface area contributed by atoms with E-state index in [0.29, 0.717) is 5.95 Å². The summed E-state index contributed by atoms with van der Waals surface area (Å²) in [5, 5.41) is 3.40. The molecule has 0 spiro atoms. The fourth-order valence-corrected chi connectivity index (χ4v) is 7.08. The first kappa shape index (κ1) is 27.9. The highest BCUT2D eigenvalue weighted by atomic mass is 15.2. The highest BCUT2D eigenvalue weighted by Gasteiger charge is 2.19. The summed E-state index contributed by atoms with van der Waals surface area (Å²) in [5.41, 5.74) is 11.3. The standard InChI is InChI=1S/C45H31N3/c1-4-14-32(15-5-1)43(33-16-6-2-7-17-33)34-26-24-31(25-27-34)36-28-29-42-39(30-36)37-20-11-13-23-41(37)48(42)45-46-40-22-12-10-21-38(40)44(47-45)35-18-8-3-9-19-35/h1-30,43H. The maximum atomic E-state index is 5.22. The van der Waals surface area contributed by atoms with Gasteiger partial charge >= 0.3 is 0 Å². The van der Waals surface area contributed by atoms with Crippen molar-refractivity contribution in [2.45, 2.75) is 5.92 Å². The Bertz CT molecular complexity index is 2500. The SMILES string of the molecule is c1ccc(-c2nc(-n3c4ccccc4c4cc(-c5ccc(C(c6ccccc6)c6ccccc6)cc5)ccc43)nc3ccccc23)cc1. The first-order chi connectivity index (χ1) is 23.8. The molecule has 0 amide bonds. The molecule has 9 aromatic rings. The molecule has 0 radical (unpaired) electrons. The lowest BCUT2D eigenvalue weighted by Gasteiger charge is -2.19. The minimum Gasteiger partial charge on any atom is -0.278 e. The maximum Gasteiger partial charge on any atom is 0.235 e. The van der Waals surface area contributed by atoms with E-state index in [4.69, 9.17) is 9.97 Å². The predicted octanol–water partition coefficient (Wildman–Crippen LogP) is 11.2. The summed E-state index contributed by atoms with van der Waals surface area (Å²) in [7, 11) is 0. The minimum absolute atomic E-state index is 0.171. The number of nitrogens with zero attached hydrogens (tertiary/aromatic N) is 3. The van der Waals surface area contributed by atoms with Crippen LogP contribution in [0.25, 0.3) is 61.0 Å². The fraction of sp³-hybridized carbons (Fsp3) is 0.0222. The molecular weight excluding hydrogens is 583 g/mol. The molecule has 2 aromatic heterocycles. The molecule has 7 aromatic carbocycles. The van der Waals surface area contributed by atoms with Crippen LogP contribution < -0.4 is 0 Å². The summed E-state index contributed by atoms with van der Waals surface area (Å²) in [6.45, 7) is 0. The lowest BCUT2D eigenvalue weighted by atomic mass is 9.84. The molecule has 0 aliphatic heterocycles. The van der Waals surface area contributed by atoms with Gasteiger partial charge in [-0.15, -0.1) is 0 Å². The van der Waals surface area contributed by atoms with Crippen molar-refractivity contribution in [1.82, 2.24) is 14.5 Å². The third-order valence-electron chi connectivity index (χ3n) is 9.35. The van der Waals surface area contributed by atoms with Gasteiger partial charge in [0.05, 0.1) is 22.2 Å². The van der Waals surface area contributed by atoms with Crippen molar-refractivity contribution in [3.05, 3.63) is 199 Å². The topological polar surface area (TPSA) is 30.7 Å². The first-order valence-corrected chi connectivity index (χ1v) is 16.4. The summed E-state index contributed by atoms with van der Waals surface area (Å²) < 4.78 is 2.21. The number of hydrogen-bond donors (Lipinski definition) is 0. The van der Waals surface area contributed by atoms with Crippen molar-refractivity contribution in [2.24, 2.45) is 0 Å². The van der Waals surface area contributed by atoms with Crippen molar-refractivity contribution in [2.75, 3.05) is 0 Å². The molecule has 3 heteroatoms. The number of rotatable bonds is 6. The normalized spacial score (nSPS) is 11.5. The molecule has 0 fully saturated rings. The minimum atomic E-state index is 0.171. The zero-order valence-corrected chi connectivity index (χ0v) is 26.2. The Morgan fingerprint density at radius 1 is 0.375 bits per heavy atom. The number of hydrogen-bond acceptors (Lipinski definition) is 2. The number of para-hydroxylation sites is 2. The van der Waals surface area contributed by atoms with E-state index in [-0.39, 0.29) is 5.92 Å². The second-order valence-corrected chi connectivity index (χ2v) is 12.2. The average molecular weight is 614 g/mol. The molecule has 226 valence electrons. The van der Waals surface area contributed by atoms with Crippen LogP contribution in [0.1, 0.15) is 22.6 Å². The van der Waals surface area contributed by atoms with E-state index in [1.165, 1.54) is 38.6 Å². The highest BCUT2D eigenvalue weighted by molar-refractivity contribution is 6.10. The van der Waals surface area contributed by atoms with E-state index in [9.17, 15) is 0 Å². The molecule has 3 nitrogen and oxygen atoms in total. The van der Waals surface area contributed by atoms with Gasteiger partial charge in [0, 0.05) is 27.6 Å². The van der Waals surface area contributed by atoms with E-state index in [0.717, 1.165) is 33.2 Å². The molecule has 48 heavy (non-hydrogen) atoms. The monoisotopic (exact) mass is 613 g/mol. The third kappa shape index (κ3) is 4.85. The molecule has 0 saturated heterocycles. The summed E-state index contributed by atoms with van der Waals surface area (Å²) in [6, 6.07) is 64.6. The van der Waals surface area contributed by atoms with Gasteiger partial charge in [-0.25, -0.2) is 9.97 Å². The van der Waals surface area contributed by atoms with Gasteiger partial charge in [-0.2, -0.15) is 0 Å². The van der Waals surface area contributed by atoms with E-state index in [1.54, 1.807) is 0 Å². The van der Waals surface area contributed by atoms with Gasteiger partial charge in [0.1, 0.15) is 0 Å². The van der Waals surface area contributed by atoms with E-state index >= 15 is 0 Å². The summed E-state index contributed by atoms with van der Waals surface area (Å²) in [5.74, 6) is 0.841. The van der Waals surface area contributed by atoms with Crippen molar-refractivity contribution in [3.8, 4) is 28.3 Å². The van der Waals surface area contributed by atoms with Crippen molar-refractivity contribution >= 4 is 32.7 Å². The van der Waals surface area contributed by atoms with Crippen LogP contribution >= 0.6 is 0 Å². The number of benzene rings is 7. The van der Waals surface area contributed by atoms with Crippen LogP contribution in [0.3, 0.4) is 0 Å². The predicted molar refractivity (Wildman–Crippen MR) is 199 cm³/mol. The Morgan fingerprint density at radius 3 is 1.62 bits per heavy atom. The fourth-order valence-electron chi connectivity index (χ4n) is 7.08. The third-order valence-corrected chi connectivity index (χ3v) is 9.35. The lowest BCUT2D eigenvalue weighted by molar-refractivity contribution is 0.978. The Morgan fingerprint density at radius 2 is 0.917 bits per heavy atom. The van der Waals surface area contributed by atoms with E-state index in [1.807, 2.05) is 12.1 Å². The summed E-state index contributed by atoms with van der Waals surface area (Å²) >= 11 is 0. The molecule has 2 heterocycles. The molecule has 0 aliphatic rings. The zero-order chi connectivity index (χ0) is 31.9. The Labute approximate surface area is 279 Å². The van der Waals surface area contributed by atoms with Crippen molar-refractivity contribution < 1.29 is 0 Å². The van der Waals surface area contributed by atoms with Crippen LogP contribution in [0.15, 0.2) is 182 Å². The van der Waals surface area contributed by atoms with Gasteiger partial charge in [0.25, 0.3) is 0 Å². The van der Waals surface area contributed by atoms with Crippen LogP contribution in [-0.4, -0.2) is 14.5 Å². The average Bonchev–Trinajstić information content (AvgIpc) is 3.50. The van der Waals surface area contributed by atoms with Crippen molar-refractivity contribution in [1.29, 1.82) is 0 Å². The van der Waals surface area contributed by atoms with Gasteiger partial charge in [-0.05, 0) is 52.1 Å². The van der Waals surface area contributed by atoms with Gasteiger partial charge in [-0.3, -0.25) is 4.57 Å². The van der Waals surface area contributed by atoms with Crippen LogP contribution in [0.4, 0.5) is 0 Å². The second kappa shape index (κ2) is 11.8.